The summed E-state index contributed by atoms with van der Waals surface area (Å²) in [5.74, 6) is -0.530. The lowest BCUT2D eigenvalue weighted by Crippen LogP contribution is -2.43. The first kappa shape index (κ1) is 19.0. The summed E-state index contributed by atoms with van der Waals surface area (Å²) in [4.78, 5) is 43.3. The van der Waals surface area contributed by atoms with Crippen LogP contribution in [0.3, 0.4) is 0 Å². The topological polar surface area (TPSA) is 130 Å². The SMILES string of the molecule is NC(=O)CCNNC(=O)[C@@H](CC(=O)c1nc2ccccc2[nH]1)CC1CCC1. The highest BCUT2D eigenvalue weighted by molar-refractivity contribution is 5.98. The molecule has 3 rings (SSSR count). The smallest absolute Gasteiger partial charge is 0.237 e. The van der Waals surface area contributed by atoms with E-state index in [9.17, 15) is 14.4 Å². The highest BCUT2D eigenvalue weighted by Crippen LogP contribution is 2.33. The van der Waals surface area contributed by atoms with Crippen molar-refractivity contribution in [2.75, 3.05) is 6.54 Å². The van der Waals surface area contributed by atoms with Crippen molar-refractivity contribution < 1.29 is 14.4 Å². The molecule has 1 aromatic heterocycles. The monoisotopic (exact) mass is 371 g/mol. The van der Waals surface area contributed by atoms with Crippen molar-refractivity contribution >= 4 is 28.6 Å². The summed E-state index contributed by atoms with van der Waals surface area (Å²) in [7, 11) is 0. The number of aromatic amines is 1. The number of Topliss-reactive ketones (excluding diaryl/α,β-unsaturated/α-hetero) is 1. The minimum absolute atomic E-state index is 0.0969. The number of amides is 2. The fraction of sp³-hybridized carbons (Fsp3) is 0.474. The number of rotatable bonds is 10. The Bertz CT molecular complexity index is 795. The van der Waals surface area contributed by atoms with Crippen LogP contribution in [0.15, 0.2) is 24.3 Å². The lowest BCUT2D eigenvalue weighted by atomic mass is 9.77. The van der Waals surface area contributed by atoms with Crippen LogP contribution >= 0.6 is 0 Å². The van der Waals surface area contributed by atoms with E-state index in [2.05, 4.69) is 20.8 Å². The molecule has 1 saturated carbocycles. The first-order valence-corrected chi connectivity index (χ1v) is 9.32. The number of carbonyl (C=O) groups excluding carboxylic acids is 3. The van der Waals surface area contributed by atoms with Crippen molar-refractivity contribution in [1.29, 1.82) is 0 Å². The Balaban J connectivity index is 1.61. The molecule has 0 unspecified atom stereocenters. The van der Waals surface area contributed by atoms with Gasteiger partial charge in [0.1, 0.15) is 0 Å². The predicted molar refractivity (Wildman–Crippen MR) is 100 cm³/mol. The second-order valence-corrected chi connectivity index (χ2v) is 7.09. The van der Waals surface area contributed by atoms with Gasteiger partial charge in [-0.25, -0.2) is 10.4 Å². The Morgan fingerprint density at radius 3 is 2.70 bits per heavy atom. The molecule has 1 atom stereocenters. The normalized spacial score (nSPS) is 15.3. The number of hydrazine groups is 1. The summed E-state index contributed by atoms with van der Waals surface area (Å²) in [5, 5.41) is 0. The zero-order chi connectivity index (χ0) is 19.2. The summed E-state index contributed by atoms with van der Waals surface area (Å²) in [6.07, 6.45) is 4.27. The molecule has 1 fully saturated rings. The van der Waals surface area contributed by atoms with E-state index in [0.717, 1.165) is 23.9 Å². The number of primary amides is 1. The van der Waals surface area contributed by atoms with Crippen LogP contribution in [0, 0.1) is 11.8 Å². The Morgan fingerprint density at radius 1 is 1.26 bits per heavy atom. The van der Waals surface area contributed by atoms with Crippen LogP contribution in [0.1, 0.15) is 49.1 Å². The molecule has 2 aromatic rings. The van der Waals surface area contributed by atoms with Gasteiger partial charge in [0, 0.05) is 25.3 Å². The van der Waals surface area contributed by atoms with Gasteiger partial charge in [-0.3, -0.25) is 19.8 Å². The van der Waals surface area contributed by atoms with Gasteiger partial charge in [0.2, 0.25) is 11.8 Å². The second-order valence-electron chi connectivity index (χ2n) is 7.09. The van der Waals surface area contributed by atoms with Crippen LogP contribution < -0.4 is 16.6 Å². The van der Waals surface area contributed by atoms with Gasteiger partial charge in [0.05, 0.1) is 11.0 Å². The Labute approximate surface area is 157 Å². The maximum atomic E-state index is 12.7. The van der Waals surface area contributed by atoms with Gasteiger partial charge in [0.25, 0.3) is 0 Å². The van der Waals surface area contributed by atoms with Gasteiger partial charge in [-0.1, -0.05) is 31.4 Å². The van der Waals surface area contributed by atoms with Gasteiger partial charge in [0.15, 0.2) is 11.6 Å². The third-order valence-corrected chi connectivity index (χ3v) is 5.01. The molecule has 1 aromatic carbocycles. The number of ketones is 1. The molecule has 8 nitrogen and oxygen atoms in total. The van der Waals surface area contributed by atoms with Gasteiger partial charge < -0.3 is 10.7 Å². The molecular formula is C19H25N5O3. The highest BCUT2D eigenvalue weighted by atomic mass is 16.2. The van der Waals surface area contributed by atoms with Crippen molar-refractivity contribution in [3.05, 3.63) is 30.1 Å². The van der Waals surface area contributed by atoms with Gasteiger partial charge in [-0.15, -0.1) is 0 Å². The molecule has 0 radical (unpaired) electrons. The van der Waals surface area contributed by atoms with Crippen LogP contribution in [0.25, 0.3) is 11.0 Å². The first-order valence-electron chi connectivity index (χ1n) is 9.32. The summed E-state index contributed by atoms with van der Waals surface area (Å²) >= 11 is 0. The first-order chi connectivity index (χ1) is 13.0. The van der Waals surface area contributed by atoms with E-state index >= 15 is 0 Å². The number of fused-ring (bicyclic) bond motifs is 1. The molecule has 0 spiro atoms. The summed E-state index contributed by atoms with van der Waals surface area (Å²) in [5.41, 5.74) is 11.9. The van der Waals surface area contributed by atoms with Crippen LogP contribution in [-0.2, 0) is 9.59 Å². The number of nitrogens with one attached hydrogen (secondary N) is 3. The zero-order valence-corrected chi connectivity index (χ0v) is 15.2. The maximum Gasteiger partial charge on any atom is 0.237 e. The number of benzene rings is 1. The minimum atomic E-state index is -0.442. The highest BCUT2D eigenvalue weighted by Gasteiger charge is 2.29. The van der Waals surface area contributed by atoms with Gasteiger partial charge in [-0.05, 0) is 24.5 Å². The molecule has 1 aliphatic rings. The van der Waals surface area contributed by atoms with Crippen molar-refractivity contribution in [3.8, 4) is 0 Å². The number of nitrogens with two attached hydrogens (primary N) is 1. The van der Waals surface area contributed by atoms with E-state index in [0.29, 0.717) is 12.3 Å². The predicted octanol–water partition coefficient (Wildman–Crippen LogP) is 1.44. The van der Waals surface area contributed by atoms with Crippen molar-refractivity contribution in [3.63, 3.8) is 0 Å². The molecule has 27 heavy (non-hydrogen) atoms. The Morgan fingerprint density at radius 2 is 2.04 bits per heavy atom. The lowest BCUT2D eigenvalue weighted by Gasteiger charge is -2.28. The van der Waals surface area contributed by atoms with E-state index in [1.54, 1.807) is 0 Å². The summed E-state index contributed by atoms with van der Waals surface area (Å²) < 4.78 is 0. The number of hydrogen-bond donors (Lipinski definition) is 4. The number of hydrogen-bond acceptors (Lipinski definition) is 5. The Kier molecular flexibility index (Phi) is 6.18. The number of H-pyrrole nitrogens is 1. The van der Waals surface area contributed by atoms with Crippen molar-refractivity contribution in [2.45, 2.75) is 38.5 Å². The van der Waals surface area contributed by atoms with Crippen molar-refractivity contribution in [1.82, 2.24) is 20.8 Å². The van der Waals surface area contributed by atoms with E-state index in [1.165, 1.54) is 6.42 Å². The van der Waals surface area contributed by atoms with Crippen molar-refractivity contribution in [2.24, 2.45) is 17.6 Å². The second kappa shape index (κ2) is 8.77. The molecule has 8 heteroatoms. The average molecular weight is 371 g/mol. The molecule has 0 bridgehead atoms. The maximum absolute atomic E-state index is 12.7. The summed E-state index contributed by atoms with van der Waals surface area (Å²) in [6, 6.07) is 7.44. The minimum Gasteiger partial charge on any atom is -0.370 e. The largest absolute Gasteiger partial charge is 0.370 e. The van der Waals surface area contributed by atoms with E-state index in [-0.39, 0.29) is 36.9 Å². The zero-order valence-electron chi connectivity index (χ0n) is 15.2. The molecule has 1 aliphatic carbocycles. The third-order valence-electron chi connectivity index (χ3n) is 5.01. The van der Waals surface area contributed by atoms with E-state index < -0.39 is 11.8 Å². The number of aromatic nitrogens is 2. The van der Waals surface area contributed by atoms with Gasteiger partial charge >= 0.3 is 0 Å². The van der Waals surface area contributed by atoms with Gasteiger partial charge in [-0.2, -0.15) is 0 Å². The molecule has 1 heterocycles. The fourth-order valence-corrected chi connectivity index (χ4v) is 3.26. The van der Waals surface area contributed by atoms with E-state index in [1.807, 2.05) is 24.3 Å². The van der Waals surface area contributed by atoms with E-state index in [4.69, 9.17) is 5.73 Å². The van der Waals surface area contributed by atoms with Crippen LogP contribution in [0.4, 0.5) is 0 Å². The quantitative estimate of drug-likeness (QED) is 0.285. The van der Waals surface area contributed by atoms with Crippen LogP contribution in [0.5, 0.6) is 0 Å². The van der Waals surface area contributed by atoms with Crippen LogP contribution in [-0.4, -0.2) is 34.1 Å². The molecule has 2 amide bonds. The number of para-hydroxylation sites is 2. The molecule has 5 N–H and O–H groups in total. The number of carbonyl (C=O) groups is 3. The lowest BCUT2D eigenvalue weighted by molar-refractivity contribution is -0.127. The standard InChI is InChI=1S/C19H25N5O3/c20-17(26)8-9-21-24-19(27)13(10-12-4-3-5-12)11-16(25)18-22-14-6-1-2-7-15(14)23-18/h1-2,6-7,12-13,21H,3-5,8-11H2,(H2,20,26)(H,22,23)(H,24,27)/t13-/m1/s1. The number of imidazole rings is 1. The average Bonchev–Trinajstić information content (AvgIpc) is 3.04. The molecular weight excluding hydrogens is 346 g/mol. The third kappa shape index (κ3) is 5.13. The summed E-state index contributed by atoms with van der Waals surface area (Å²) in [6.45, 7) is 0.259. The molecule has 0 saturated heterocycles. The van der Waals surface area contributed by atoms with Crippen LogP contribution in [0.2, 0.25) is 0 Å². The molecule has 0 aliphatic heterocycles. The number of nitrogens with zero attached hydrogens (tertiary/aromatic N) is 1. The Hall–Kier alpha value is -2.74. The fourth-order valence-electron chi connectivity index (χ4n) is 3.26. The molecule has 144 valence electrons.